The molecule has 0 bridgehead atoms. The summed E-state index contributed by atoms with van der Waals surface area (Å²) in [6.45, 7) is 3.02. The number of amides is 1. The molecule has 2 saturated heterocycles. The van der Waals surface area contributed by atoms with Gasteiger partial charge < -0.3 is 19.9 Å². The van der Waals surface area contributed by atoms with E-state index in [1.165, 1.54) is 24.3 Å². The zero-order valence-electron chi connectivity index (χ0n) is 18.6. The third-order valence-corrected chi connectivity index (χ3v) is 7.15. The molecule has 7 nitrogen and oxygen atoms in total. The van der Waals surface area contributed by atoms with E-state index in [2.05, 4.69) is 5.32 Å². The number of ether oxygens (including phenoxy) is 1. The Balaban J connectivity index is 1.51. The van der Waals surface area contributed by atoms with Gasteiger partial charge in [0.05, 0.1) is 29.2 Å². The quantitative estimate of drug-likeness (QED) is 0.683. The molecule has 1 N–H and O–H groups in total. The van der Waals surface area contributed by atoms with Gasteiger partial charge in [-0.25, -0.2) is 8.42 Å². The largest absolute Gasteiger partial charge is 0.416 e. The molecule has 1 unspecified atom stereocenters. The Labute approximate surface area is 196 Å². The van der Waals surface area contributed by atoms with E-state index in [0.717, 1.165) is 18.4 Å². The molecule has 2 aliphatic heterocycles. The Bertz CT molecular complexity index is 1150. The van der Waals surface area contributed by atoms with Crippen LogP contribution in [0.15, 0.2) is 47.4 Å². The van der Waals surface area contributed by atoms with Crippen LogP contribution in [-0.4, -0.2) is 70.9 Å². The lowest BCUT2D eigenvalue weighted by Gasteiger charge is -2.31. The molecule has 2 aliphatic rings. The minimum atomic E-state index is -4.40. The fraction of sp³-hybridized carbons (Fsp3) is 0.435. The lowest BCUT2D eigenvalue weighted by atomic mass is 10.1. The molecule has 0 spiro atoms. The van der Waals surface area contributed by atoms with E-state index >= 15 is 0 Å². The van der Waals surface area contributed by atoms with Crippen molar-refractivity contribution >= 4 is 27.1 Å². The van der Waals surface area contributed by atoms with Crippen molar-refractivity contribution in [1.29, 1.82) is 0 Å². The normalized spacial score (nSPS) is 19.4. The van der Waals surface area contributed by atoms with Crippen LogP contribution in [0.3, 0.4) is 0 Å². The zero-order chi connectivity index (χ0) is 24.5. The van der Waals surface area contributed by atoms with Crippen LogP contribution in [0, 0.1) is 0 Å². The second-order valence-electron chi connectivity index (χ2n) is 8.51. The van der Waals surface area contributed by atoms with E-state index in [1.54, 1.807) is 11.0 Å². The molecule has 0 aromatic heterocycles. The lowest BCUT2D eigenvalue weighted by molar-refractivity contribution is -0.137. The first-order valence-corrected chi connectivity index (χ1v) is 12.8. The number of nitrogens with one attached hydrogen (secondary N) is 1. The summed E-state index contributed by atoms with van der Waals surface area (Å²) in [5.41, 5.74) is 0.808. The number of anilines is 2. The molecule has 0 radical (unpaired) electrons. The van der Waals surface area contributed by atoms with Crippen molar-refractivity contribution in [3.63, 3.8) is 0 Å². The van der Waals surface area contributed by atoms with Gasteiger partial charge in [-0.05, 0) is 48.9 Å². The van der Waals surface area contributed by atoms with E-state index in [1.807, 2.05) is 4.90 Å². The van der Waals surface area contributed by atoms with Crippen molar-refractivity contribution in [2.75, 3.05) is 55.9 Å². The smallest absolute Gasteiger partial charge is 0.380 e. The average molecular weight is 498 g/mol. The van der Waals surface area contributed by atoms with Crippen molar-refractivity contribution in [1.82, 2.24) is 4.90 Å². The Morgan fingerprint density at radius 2 is 1.74 bits per heavy atom. The van der Waals surface area contributed by atoms with Gasteiger partial charge in [0.1, 0.15) is 0 Å². The number of nitrogens with zero attached hydrogens (tertiary/aromatic N) is 2. The van der Waals surface area contributed by atoms with E-state index < -0.39 is 21.6 Å². The van der Waals surface area contributed by atoms with Gasteiger partial charge in [0.25, 0.3) is 5.91 Å². The number of rotatable bonds is 5. The average Bonchev–Trinajstić information content (AvgIpc) is 3.26. The van der Waals surface area contributed by atoms with Gasteiger partial charge >= 0.3 is 6.18 Å². The van der Waals surface area contributed by atoms with Crippen LogP contribution in [0.1, 0.15) is 22.3 Å². The molecular formula is C23H26F3N3O4S. The maximum atomic E-state index is 13.5. The predicted octanol–water partition coefficient (Wildman–Crippen LogP) is 3.27. The molecule has 184 valence electrons. The third-order valence-electron chi connectivity index (χ3n) is 6.04. The van der Waals surface area contributed by atoms with Crippen molar-refractivity contribution in [3.05, 3.63) is 53.6 Å². The summed E-state index contributed by atoms with van der Waals surface area (Å²) in [5.74, 6) is -0.274. The number of hydrogen-bond acceptors (Lipinski definition) is 6. The van der Waals surface area contributed by atoms with Crippen LogP contribution in [0.5, 0.6) is 0 Å². The summed E-state index contributed by atoms with van der Waals surface area (Å²) >= 11 is 0. The highest BCUT2D eigenvalue weighted by atomic mass is 32.2. The Hall–Kier alpha value is -2.79. The van der Waals surface area contributed by atoms with Crippen molar-refractivity contribution in [3.8, 4) is 0 Å². The van der Waals surface area contributed by atoms with Crippen molar-refractivity contribution in [2.45, 2.75) is 23.5 Å². The van der Waals surface area contributed by atoms with Crippen LogP contribution in [0.25, 0.3) is 0 Å². The molecule has 34 heavy (non-hydrogen) atoms. The Morgan fingerprint density at radius 1 is 1.06 bits per heavy atom. The fourth-order valence-electron chi connectivity index (χ4n) is 4.22. The van der Waals surface area contributed by atoms with Crippen LogP contribution in [0.4, 0.5) is 24.5 Å². The number of halogens is 3. The molecule has 11 heteroatoms. The van der Waals surface area contributed by atoms with Crippen LogP contribution in [0.2, 0.25) is 0 Å². The first-order chi connectivity index (χ1) is 16.0. The number of sulfone groups is 1. The van der Waals surface area contributed by atoms with Crippen molar-refractivity contribution < 1.29 is 31.1 Å². The number of likely N-dealkylation sites (tertiary alicyclic amines) is 1. The summed E-state index contributed by atoms with van der Waals surface area (Å²) in [6, 6.07) is 9.26. The maximum absolute atomic E-state index is 13.5. The van der Waals surface area contributed by atoms with Gasteiger partial charge in [0, 0.05) is 49.9 Å². The van der Waals surface area contributed by atoms with Crippen LogP contribution in [-0.2, 0) is 20.8 Å². The number of carbonyl (C=O) groups is 1. The Kier molecular flexibility index (Phi) is 6.77. The maximum Gasteiger partial charge on any atom is 0.416 e. The van der Waals surface area contributed by atoms with Crippen LogP contribution >= 0.6 is 0 Å². The van der Waals surface area contributed by atoms with Crippen molar-refractivity contribution in [2.24, 2.45) is 0 Å². The SMILES string of the molecule is CS(=O)(=O)c1ccc(N2CCOCC2)c(C(=O)N2CCC(Nc3ccc(C(F)(F)F)cc3)C2)c1. The second kappa shape index (κ2) is 9.46. The molecule has 0 saturated carbocycles. The number of alkyl halides is 3. The van der Waals surface area contributed by atoms with E-state index in [0.29, 0.717) is 62.8 Å². The number of benzene rings is 2. The summed E-state index contributed by atoms with van der Waals surface area (Å²) in [7, 11) is -3.50. The van der Waals surface area contributed by atoms with Gasteiger partial charge in [-0.2, -0.15) is 13.2 Å². The summed E-state index contributed by atoms with van der Waals surface area (Å²) < 4.78 is 68.0. The van der Waals surface area contributed by atoms with Gasteiger partial charge in [-0.3, -0.25) is 4.79 Å². The van der Waals surface area contributed by atoms with Gasteiger partial charge in [0.2, 0.25) is 0 Å². The van der Waals surface area contributed by atoms with Gasteiger partial charge in [-0.15, -0.1) is 0 Å². The van der Waals surface area contributed by atoms with E-state index in [9.17, 15) is 26.4 Å². The summed E-state index contributed by atoms with van der Waals surface area (Å²) in [6.07, 6.45) is -2.68. The summed E-state index contributed by atoms with van der Waals surface area (Å²) in [4.78, 5) is 17.2. The highest BCUT2D eigenvalue weighted by Crippen LogP contribution is 2.31. The number of morpholine rings is 1. The zero-order valence-corrected chi connectivity index (χ0v) is 19.5. The first-order valence-electron chi connectivity index (χ1n) is 10.9. The van der Waals surface area contributed by atoms with E-state index in [-0.39, 0.29) is 16.8 Å². The molecule has 2 aromatic carbocycles. The first kappa shape index (κ1) is 24.3. The Morgan fingerprint density at radius 3 is 2.35 bits per heavy atom. The highest BCUT2D eigenvalue weighted by molar-refractivity contribution is 7.90. The molecule has 2 aromatic rings. The van der Waals surface area contributed by atoms with Gasteiger partial charge in [0.15, 0.2) is 9.84 Å². The number of carbonyl (C=O) groups excluding carboxylic acids is 1. The molecule has 2 heterocycles. The monoisotopic (exact) mass is 497 g/mol. The molecule has 2 fully saturated rings. The number of hydrogen-bond donors (Lipinski definition) is 1. The summed E-state index contributed by atoms with van der Waals surface area (Å²) in [5, 5.41) is 3.19. The standard InChI is InChI=1S/C23H26F3N3O4S/c1-34(31,32)19-6-7-21(28-10-12-33-13-11-28)20(14-19)22(30)29-9-8-18(15-29)27-17-4-2-16(3-5-17)23(24,25)26/h2-7,14,18,27H,8-13,15H2,1H3. The fourth-order valence-corrected chi connectivity index (χ4v) is 4.87. The minimum Gasteiger partial charge on any atom is -0.380 e. The molecule has 4 rings (SSSR count). The molecule has 1 atom stereocenters. The van der Waals surface area contributed by atoms with E-state index in [4.69, 9.17) is 4.74 Å². The van der Waals surface area contributed by atoms with Gasteiger partial charge in [-0.1, -0.05) is 0 Å². The molecule has 0 aliphatic carbocycles. The molecular weight excluding hydrogens is 471 g/mol. The van der Waals surface area contributed by atoms with Crippen LogP contribution < -0.4 is 10.2 Å². The third kappa shape index (κ3) is 5.47. The molecule has 1 amide bonds. The second-order valence-corrected chi connectivity index (χ2v) is 10.5. The highest BCUT2D eigenvalue weighted by Gasteiger charge is 2.32. The lowest BCUT2D eigenvalue weighted by Crippen LogP contribution is -2.38. The predicted molar refractivity (Wildman–Crippen MR) is 122 cm³/mol. The minimum absolute atomic E-state index is 0.0754. The topological polar surface area (TPSA) is 79.0 Å².